The lowest BCUT2D eigenvalue weighted by Crippen LogP contribution is -2.22. The van der Waals surface area contributed by atoms with E-state index in [1.165, 1.54) is 22.7 Å². The third-order valence-electron chi connectivity index (χ3n) is 4.92. The van der Waals surface area contributed by atoms with Crippen LogP contribution in [0.1, 0.15) is 5.56 Å². The lowest BCUT2D eigenvalue weighted by molar-refractivity contribution is 0.419. The summed E-state index contributed by atoms with van der Waals surface area (Å²) in [6.07, 6.45) is 0. The summed E-state index contributed by atoms with van der Waals surface area (Å²) in [7, 11) is 3.30. The monoisotopic (exact) mass is 475 g/mol. The molecule has 0 amide bonds. The molecule has 0 aliphatic rings. The van der Waals surface area contributed by atoms with E-state index >= 15 is 0 Å². The molecule has 166 valence electrons. The molecule has 5 rings (SSSR count). The number of anilines is 2. The third kappa shape index (κ3) is 4.59. The largest absolute Gasteiger partial charge is 0.494 e. The fraction of sp³-hybridized carbons (Fsp3) is 0.125. The van der Waals surface area contributed by atoms with Crippen LogP contribution in [0.5, 0.6) is 11.5 Å². The molecule has 0 saturated heterocycles. The quantitative estimate of drug-likeness (QED) is 0.231. The third-order valence-corrected chi connectivity index (χ3v) is 6.79. The van der Waals surface area contributed by atoms with Gasteiger partial charge in [0.1, 0.15) is 22.5 Å². The van der Waals surface area contributed by atoms with Crippen molar-refractivity contribution in [2.75, 3.05) is 24.9 Å². The van der Waals surface area contributed by atoms with Gasteiger partial charge in [0.15, 0.2) is 10.3 Å². The molecule has 3 aromatic carbocycles. The Morgan fingerprint density at radius 3 is 1.82 bits per heavy atom. The molecule has 0 spiro atoms. The van der Waals surface area contributed by atoms with Gasteiger partial charge in [-0.3, -0.25) is 0 Å². The second-order valence-electron chi connectivity index (χ2n) is 7.05. The van der Waals surface area contributed by atoms with E-state index in [0.717, 1.165) is 37.5 Å². The standard InChI is InChI=1S/C24H21N5O2S2/c1-30-16-10-6-12-18-20(16)26-23(32-18)28-22(25-14-15-8-4-3-5-9-15)29-24-27-21-17(31-2)11-7-13-19(21)33-24/h3-13H,14H2,1-2H3,(H2,25,26,27,28,29). The van der Waals surface area contributed by atoms with Crippen LogP contribution in [-0.2, 0) is 6.54 Å². The lowest BCUT2D eigenvalue weighted by atomic mass is 10.2. The molecule has 0 unspecified atom stereocenters. The van der Waals surface area contributed by atoms with E-state index in [0.29, 0.717) is 22.8 Å². The van der Waals surface area contributed by atoms with Crippen LogP contribution in [0.15, 0.2) is 71.7 Å². The molecule has 0 atom stereocenters. The van der Waals surface area contributed by atoms with Crippen molar-refractivity contribution in [1.29, 1.82) is 0 Å². The number of aliphatic imine (C=N–C) groups is 1. The fourth-order valence-electron chi connectivity index (χ4n) is 3.35. The van der Waals surface area contributed by atoms with Crippen molar-refractivity contribution >= 4 is 59.3 Å². The van der Waals surface area contributed by atoms with Gasteiger partial charge >= 0.3 is 0 Å². The highest BCUT2D eigenvalue weighted by molar-refractivity contribution is 7.23. The van der Waals surface area contributed by atoms with Gasteiger partial charge in [-0.25, -0.2) is 15.0 Å². The molecule has 0 radical (unpaired) electrons. The maximum absolute atomic E-state index is 5.45. The van der Waals surface area contributed by atoms with Crippen molar-refractivity contribution < 1.29 is 9.47 Å². The number of thiazole rings is 2. The van der Waals surface area contributed by atoms with Crippen LogP contribution in [0.25, 0.3) is 20.4 Å². The van der Waals surface area contributed by atoms with Crippen molar-refractivity contribution in [3.05, 3.63) is 72.3 Å². The summed E-state index contributed by atoms with van der Waals surface area (Å²) < 4.78 is 13.0. The molecular weight excluding hydrogens is 454 g/mol. The maximum Gasteiger partial charge on any atom is 0.204 e. The van der Waals surface area contributed by atoms with E-state index in [1.807, 2.05) is 66.7 Å². The predicted octanol–water partition coefficient (Wildman–Crippen LogP) is 6.00. The minimum atomic E-state index is 0.513. The molecule has 0 saturated carbocycles. The minimum absolute atomic E-state index is 0.513. The fourth-order valence-corrected chi connectivity index (χ4v) is 5.11. The molecule has 5 aromatic rings. The van der Waals surface area contributed by atoms with Crippen molar-refractivity contribution in [1.82, 2.24) is 9.97 Å². The number of fused-ring (bicyclic) bond motifs is 2. The highest BCUT2D eigenvalue weighted by atomic mass is 32.1. The van der Waals surface area contributed by atoms with Crippen LogP contribution < -0.4 is 20.1 Å². The highest BCUT2D eigenvalue weighted by Crippen LogP contribution is 2.34. The van der Waals surface area contributed by atoms with E-state index in [9.17, 15) is 0 Å². The number of hydrogen-bond acceptors (Lipinski definition) is 7. The Morgan fingerprint density at radius 1 is 0.758 bits per heavy atom. The molecule has 2 heterocycles. The summed E-state index contributed by atoms with van der Waals surface area (Å²) in [6, 6.07) is 21.9. The first-order chi connectivity index (χ1) is 16.2. The van der Waals surface area contributed by atoms with E-state index < -0.39 is 0 Å². The summed E-state index contributed by atoms with van der Waals surface area (Å²) in [4.78, 5) is 14.2. The van der Waals surface area contributed by atoms with Crippen LogP contribution in [-0.4, -0.2) is 30.1 Å². The maximum atomic E-state index is 5.45. The zero-order valence-corrected chi connectivity index (χ0v) is 19.7. The predicted molar refractivity (Wildman–Crippen MR) is 137 cm³/mol. The van der Waals surface area contributed by atoms with Gasteiger partial charge < -0.3 is 20.1 Å². The number of benzene rings is 3. The van der Waals surface area contributed by atoms with E-state index in [2.05, 4.69) is 10.6 Å². The van der Waals surface area contributed by atoms with Gasteiger partial charge in [-0.05, 0) is 29.8 Å². The van der Waals surface area contributed by atoms with Crippen molar-refractivity contribution in [2.24, 2.45) is 4.99 Å². The summed E-state index contributed by atoms with van der Waals surface area (Å²) in [5.74, 6) is 2.05. The molecule has 9 heteroatoms. The normalized spacial score (nSPS) is 10.8. The number of hydrogen-bond donors (Lipinski definition) is 2. The Labute approximate surface area is 198 Å². The molecule has 2 N–H and O–H groups in total. The van der Waals surface area contributed by atoms with Gasteiger partial charge in [-0.15, -0.1) is 0 Å². The van der Waals surface area contributed by atoms with Crippen LogP contribution in [0.4, 0.5) is 10.3 Å². The second kappa shape index (κ2) is 9.43. The molecule has 7 nitrogen and oxygen atoms in total. The molecule has 0 fully saturated rings. The van der Waals surface area contributed by atoms with E-state index in [4.69, 9.17) is 24.4 Å². The lowest BCUT2D eigenvalue weighted by Gasteiger charge is -2.08. The zero-order chi connectivity index (χ0) is 22.6. The number of aromatic nitrogens is 2. The SMILES string of the molecule is COc1cccc2sc(NC(=NCc3ccccc3)Nc3nc4c(OC)cccc4s3)nc12. The van der Waals surface area contributed by atoms with Crippen LogP contribution >= 0.6 is 22.7 Å². The summed E-state index contributed by atoms with van der Waals surface area (Å²) in [5, 5.41) is 8.11. The van der Waals surface area contributed by atoms with Gasteiger partial charge in [0.25, 0.3) is 0 Å². The number of nitrogens with one attached hydrogen (secondary N) is 2. The van der Waals surface area contributed by atoms with E-state index in [-0.39, 0.29) is 0 Å². The van der Waals surface area contributed by atoms with Crippen LogP contribution in [0, 0.1) is 0 Å². The average molecular weight is 476 g/mol. The Morgan fingerprint density at radius 2 is 1.30 bits per heavy atom. The number of methoxy groups -OCH3 is 2. The zero-order valence-electron chi connectivity index (χ0n) is 18.0. The number of guanidine groups is 1. The highest BCUT2D eigenvalue weighted by Gasteiger charge is 2.13. The first-order valence-electron chi connectivity index (χ1n) is 10.2. The van der Waals surface area contributed by atoms with Crippen LogP contribution in [0.3, 0.4) is 0 Å². The average Bonchev–Trinajstić information content (AvgIpc) is 3.46. The van der Waals surface area contributed by atoms with Crippen molar-refractivity contribution in [3.63, 3.8) is 0 Å². The second-order valence-corrected chi connectivity index (χ2v) is 9.11. The first kappa shape index (κ1) is 21.2. The topological polar surface area (TPSA) is 80.7 Å². The number of nitrogens with zero attached hydrogens (tertiary/aromatic N) is 3. The van der Waals surface area contributed by atoms with Crippen LogP contribution in [0.2, 0.25) is 0 Å². The van der Waals surface area contributed by atoms with Gasteiger partial charge in [-0.1, -0.05) is 65.1 Å². The summed E-state index contributed by atoms with van der Waals surface area (Å²) in [6.45, 7) is 0.513. The molecule has 2 aromatic heterocycles. The van der Waals surface area contributed by atoms with Gasteiger partial charge in [0.2, 0.25) is 5.96 Å². The smallest absolute Gasteiger partial charge is 0.204 e. The van der Waals surface area contributed by atoms with Gasteiger partial charge in [0.05, 0.1) is 30.2 Å². The van der Waals surface area contributed by atoms with Gasteiger partial charge in [0, 0.05) is 0 Å². The first-order valence-corrected chi connectivity index (χ1v) is 11.9. The van der Waals surface area contributed by atoms with Crippen molar-refractivity contribution in [3.8, 4) is 11.5 Å². The number of rotatable bonds is 6. The Hall–Kier alpha value is -3.69. The molecule has 0 aliphatic carbocycles. The Kier molecular flexibility index (Phi) is 6.05. The molecule has 33 heavy (non-hydrogen) atoms. The molecular formula is C24H21N5O2S2. The van der Waals surface area contributed by atoms with E-state index in [1.54, 1.807) is 14.2 Å². The van der Waals surface area contributed by atoms with Gasteiger partial charge in [-0.2, -0.15) is 0 Å². The summed E-state index contributed by atoms with van der Waals surface area (Å²) >= 11 is 3.08. The molecule has 0 bridgehead atoms. The Bertz CT molecular complexity index is 1340. The number of para-hydroxylation sites is 2. The summed E-state index contributed by atoms with van der Waals surface area (Å²) in [5.41, 5.74) is 2.75. The Balaban J connectivity index is 1.47. The number of ether oxygens (including phenoxy) is 2. The minimum Gasteiger partial charge on any atom is -0.494 e. The molecule has 0 aliphatic heterocycles. The van der Waals surface area contributed by atoms with Crippen molar-refractivity contribution in [2.45, 2.75) is 6.54 Å².